The second-order valence-corrected chi connectivity index (χ2v) is 6.86. The third-order valence-corrected chi connectivity index (χ3v) is 5.00. The van der Waals surface area contributed by atoms with Gasteiger partial charge in [-0.15, -0.1) is 10.2 Å². The van der Waals surface area contributed by atoms with E-state index >= 15 is 0 Å². The average molecular weight is 360 g/mol. The van der Waals surface area contributed by atoms with E-state index in [2.05, 4.69) is 32.4 Å². The number of esters is 1. The van der Waals surface area contributed by atoms with E-state index in [4.69, 9.17) is 0 Å². The highest BCUT2D eigenvalue weighted by Gasteiger charge is 2.21. The number of nitrogens with zero attached hydrogens (tertiary/aromatic N) is 3. The Morgan fingerprint density at radius 2 is 2.08 bits per heavy atom. The fraction of sp³-hybridized carbons (Fsp3) is 0.412. The molecule has 0 atom stereocenters. The van der Waals surface area contributed by atoms with E-state index in [1.165, 1.54) is 29.6 Å². The van der Waals surface area contributed by atoms with Crippen LogP contribution in [0.15, 0.2) is 24.3 Å². The maximum atomic E-state index is 12.4. The van der Waals surface area contributed by atoms with Crippen molar-refractivity contribution in [3.63, 3.8) is 0 Å². The predicted octanol–water partition coefficient (Wildman–Crippen LogP) is 2.62. The molecule has 0 aliphatic carbocycles. The molecule has 0 saturated carbocycles. The Labute approximate surface area is 150 Å². The molecule has 1 N–H and O–H groups in total. The van der Waals surface area contributed by atoms with E-state index in [1.807, 2.05) is 12.1 Å². The molecule has 0 unspecified atom stereocenters. The number of ether oxygens (including phenoxy) is 1. The Morgan fingerprint density at radius 1 is 1.28 bits per heavy atom. The smallest absolute Gasteiger partial charge is 0.324 e. The number of amides is 2. The Bertz CT molecular complexity index is 762. The number of fused-ring (bicyclic) bond motifs is 1. The van der Waals surface area contributed by atoms with Gasteiger partial charge in [0.25, 0.3) is 0 Å². The largest absolute Gasteiger partial charge is 0.469 e. The first-order chi connectivity index (χ1) is 12.2. The summed E-state index contributed by atoms with van der Waals surface area (Å²) in [6.45, 7) is 1.29. The van der Waals surface area contributed by atoms with Crippen LogP contribution < -0.4 is 5.32 Å². The van der Waals surface area contributed by atoms with Gasteiger partial charge in [0.2, 0.25) is 5.13 Å². The normalized spacial score (nSPS) is 13.2. The third-order valence-electron chi connectivity index (χ3n) is 4.10. The van der Waals surface area contributed by atoms with E-state index in [-0.39, 0.29) is 12.0 Å². The molecule has 1 aromatic heterocycles. The number of benzene rings is 1. The summed E-state index contributed by atoms with van der Waals surface area (Å²) < 4.78 is 4.60. The number of methoxy groups -OCH3 is 1. The van der Waals surface area contributed by atoms with Crippen molar-refractivity contribution >= 4 is 28.5 Å². The van der Waals surface area contributed by atoms with E-state index in [9.17, 15) is 9.59 Å². The van der Waals surface area contributed by atoms with Crippen molar-refractivity contribution in [1.82, 2.24) is 15.1 Å². The lowest BCUT2D eigenvalue weighted by molar-refractivity contribution is -0.140. The van der Waals surface area contributed by atoms with Gasteiger partial charge in [-0.2, -0.15) is 0 Å². The molecule has 2 amide bonds. The molecule has 0 spiro atoms. The van der Waals surface area contributed by atoms with Crippen LogP contribution in [0, 0.1) is 0 Å². The van der Waals surface area contributed by atoms with Crippen LogP contribution in [0.3, 0.4) is 0 Å². The van der Waals surface area contributed by atoms with Crippen molar-refractivity contribution in [2.45, 2.75) is 32.2 Å². The fourth-order valence-electron chi connectivity index (χ4n) is 2.73. The summed E-state index contributed by atoms with van der Waals surface area (Å²) in [6.07, 6.45) is 2.50. The molecular weight excluding hydrogens is 340 g/mol. The number of hydrogen-bond acceptors (Lipinski definition) is 6. The SMILES string of the molecule is COC(=O)CCCc1nnc(NC(=O)N2CCc3ccccc3C2)s1. The molecule has 2 aromatic rings. The van der Waals surface area contributed by atoms with E-state index in [0.717, 1.165) is 11.4 Å². The summed E-state index contributed by atoms with van der Waals surface area (Å²) in [4.78, 5) is 25.3. The molecule has 25 heavy (non-hydrogen) atoms. The van der Waals surface area contributed by atoms with Gasteiger partial charge in [-0.1, -0.05) is 35.6 Å². The lowest BCUT2D eigenvalue weighted by Crippen LogP contribution is -2.38. The first-order valence-electron chi connectivity index (χ1n) is 8.17. The molecule has 1 aliphatic heterocycles. The van der Waals surface area contributed by atoms with Gasteiger partial charge in [-0.25, -0.2) is 4.79 Å². The Kier molecular flexibility index (Phi) is 5.60. The number of aromatic nitrogens is 2. The number of rotatable bonds is 5. The molecule has 3 rings (SSSR count). The van der Waals surface area contributed by atoms with E-state index in [1.54, 1.807) is 4.90 Å². The number of aryl methyl sites for hydroxylation is 1. The summed E-state index contributed by atoms with van der Waals surface area (Å²) >= 11 is 1.34. The van der Waals surface area contributed by atoms with Crippen LogP contribution in [-0.2, 0) is 28.9 Å². The van der Waals surface area contributed by atoms with Gasteiger partial charge in [-0.05, 0) is 24.0 Å². The van der Waals surface area contributed by atoms with E-state index in [0.29, 0.717) is 37.5 Å². The highest BCUT2D eigenvalue weighted by molar-refractivity contribution is 7.15. The zero-order chi connectivity index (χ0) is 17.6. The highest BCUT2D eigenvalue weighted by atomic mass is 32.1. The topological polar surface area (TPSA) is 84.4 Å². The van der Waals surface area contributed by atoms with Gasteiger partial charge in [0.15, 0.2) is 0 Å². The zero-order valence-corrected chi connectivity index (χ0v) is 14.8. The minimum atomic E-state index is -0.233. The molecule has 1 aliphatic rings. The van der Waals surface area contributed by atoms with Gasteiger partial charge < -0.3 is 9.64 Å². The second-order valence-electron chi connectivity index (χ2n) is 5.80. The predicted molar refractivity (Wildman–Crippen MR) is 94.4 cm³/mol. The van der Waals surface area contributed by atoms with Crippen molar-refractivity contribution < 1.29 is 14.3 Å². The number of urea groups is 1. The number of nitrogens with one attached hydrogen (secondary N) is 1. The molecule has 0 radical (unpaired) electrons. The van der Waals surface area contributed by atoms with Crippen LogP contribution in [0.4, 0.5) is 9.93 Å². The average Bonchev–Trinajstić information content (AvgIpc) is 3.08. The monoisotopic (exact) mass is 360 g/mol. The summed E-state index contributed by atoms with van der Waals surface area (Å²) in [5, 5.41) is 12.2. The van der Waals surface area contributed by atoms with Gasteiger partial charge in [0.1, 0.15) is 5.01 Å². The van der Waals surface area contributed by atoms with E-state index < -0.39 is 0 Å². The Balaban J connectivity index is 1.51. The first-order valence-corrected chi connectivity index (χ1v) is 8.99. The number of anilines is 1. The summed E-state index contributed by atoms with van der Waals surface area (Å²) in [6, 6.07) is 8.02. The summed E-state index contributed by atoms with van der Waals surface area (Å²) in [5.41, 5.74) is 2.49. The summed E-state index contributed by atoms with van der Waals surface area (Å²) in [7, 11) is 1.37. The second kappa shape index (κ2) is 8.06. The molecule has 132 valence electrons. The standard InChI is InChI=1S/C17H20N4O3S/c1-24-15(22)8-4-7-14-19-20-16(25-14)18-17(23)21-10-9-12-5-2-3-6-13(12)11-21/h2-3,5-6H,4,7-11H2,1H3,(H,18,20,23). The van der Waals surface area contributed by atoms with Crippen molar-refractivity contribution in [3.8, 4) is 0 Å². The molecule has 8 heteroatoms. The minimum Gasteiger partial charge on any atom is -0.469 e. The van der Waals surface area contributed by atoms with Gasteiger partial charge >= 0.3 is 12.0 Å². The fourth-order valence-corrected chi connectivity index (χ4v) is 3.50. The molecule has 0 bridgehead atoms. The van der Waals surface area contributed by atoms with Crippen LogP contribution in [-0.4, -0.2) is 40.8 Å². The quantitative estimate of drug-likeness (QED) is 0.829. The Hall–Kier alpha value is -2.48. The number of carbonyl (C=O) groups is 2. The van der Waals surface area contributed by atoms with Crippen molar-refractivity contribution in [2.24, 2.45) is 0 Å². The van der Waals surface area contributed by atoms with Crippen LogP contribution >= 0.6 is 11.3 Å². The molecule has 1 aromatic carbocycles. The minimum absolute atomic E-state index is 0.160. The molecular formula is C17H20N4O3S. The summed E-state index contributed by atoms with van der Waals surface area (Å²) in [5.74, 6) is -0.233. The van der Waals surface area contributed by atoms with Crippen molar-refractivity contribution in [2.75, 3.05) is 19.0 Å². The maximum Gasteiger partial charge on any atom is 0.324 e. The lowest BCUT2D eigenvalue weighted by Gasteiger charge is -2.28. The molecule has 7 nitrogen and oxygen atoms in total. The number of carbonyl (C=O) groups excluding carboxylic acids is 2. The van der Waals surface area contributed by atoms with Crippen LogP contribution in [0.1, 0.15) is 29.0 Å². The van der Waals surface area contributed by atoms with Crippen LogP contribution in [0.2, 0.25) is 0 Å². The Morgan fingerprint density at radius 3 is 2.88 bits per heavy atom. The maximum absolute atomic E-state index is 12.4. The van der Waals surface area contributed by atoms with Gasteiger partial charge in [0.05, 0.1) is 7.11 Å². The van der Waals surface area contributed by atoms with Gasteiger partial charge in [0, 0.05) is 25.9 Å². The van der Waals surface area contributed by atoms with Crippen molar-refractivity contribution in [1.29, 1.82) is 0 Å². The van der Waals surface area contributed by atoms with Gasteiger partial charge in [-0.3, -0.25) is 10.1 Å². The van der Waals surface area contributed by atoms with Crippen LogP contribution in [0.5, 0.6) is 0 Å². The third kappa shape index (κ3) is 4.54. The van der Waals surface area contributed by atoms with Crippen LogP contribution in [0.25, 0.3) is 0 Å². The first kappa shape index (κ1) is 17.3. The molecule has 2 heterocycles. The van der Waals surface area contributed by atoms with Crippen molar-refractivity contribution in [3.05, 3.63) is 40.4 Å². The number of hydrogen-bond donors (Lipinski definition) is 1. The zero-order valence-electron chi connectivity index (χ0n) is 14.0. The molecule has 0 fully saturated rings. The lowest BCUT2D eigenvalue weighted by atomic mass is 10.0. The molecule has 0 saturated heterocycles. The highest BCUT2D eigenvalue weighted by Crippen LogP contribution is 2.21.